The molecule has 0 aromatic carbocycles. The van der Waals surface area contributed by atoms with E-state index in [9.17, 15) is 0 Å². The highest BCUT2D eigenvalue weighted by Crippen LogP contribution is 2.25. The van der Waals surface area contributed by atoms with E-state index in [1.165, 1.54) is 12.8 Å². The zero-order valence-electron chi connectivity index (χ0n) is 12.9. The summed E-state index contributed by atoms with van der Waals surface area (Å²) in [7, 11) is 2.18. The predicted molar refractivity (Wildman–Crippen MR) is 82.8 cm³/mol. The van der Waals surface area contributed by atoms with Crippen LogP contribution in [-0.2, 0) is 0 Å². The van der Waals surface area contributed by atoms with Crippen molar-refractivity contribution in [3.63, 3.8) is 0 Å². The minimum atomic E-state index is 0.275. The van der Waals surface area contributed by atoms with Crippen molar-refractivity contribution in [1.82, 2.24) is 14.9 Å². The molecule has 1 aromatic rings. The summed E-state index contributed by atoms with van der Waals surface area (Å²) in [5.74, 6) is 8.19. The van der Waals surface area contributed by atoms with Crippen LogP contribution in [0.15, 0.2) is 0 Å². The van der Waals surface area contributed by atoms with Crippen LogP contribution in [0, 0.1) is 6.92 Å². The molecule has 0 aliphatic heterocycles. The summed E-state index contributed by atoms with van der Waals surface area (Å²) < 4.78 is 0. The zero-order chi connectivity index (χ0) is 14.7. The normalized spacial score (nSPS) is 14.9. The van der Waals surface area contributed by atoms with E-state index in [-0.39, 0.29) is 5.92 Å². The van der Waals surface area contributed by atoms with Gasteiger partial charge in [0.1, 0.15) is 17.5 Å². The van der Waals surface area contributed by atoms with Gasteiger partial charge in [0.2, 0.25) is 0 Å². The Morgan fingerprint density at radius 3 is 2.50 bits per heavy atom. The number of likely N-dealkylation sites (N-methyl/N-ethyl adjacent to an activating group) is 1. The van der Waals surface area contributed by atoms with Gasteiger partial charge in [0.15, 0.2) is 0 Å². The molecule has 0 spiro atoms. The summed E-state index contributed by atoms with van der Waals surface area (Å²) in [5, 5.41) is 3.41. The molecule has 1 fully saturated rings. The summed E-state index contributed by atoms with van der Waals surface area (Å²) in [6.07, 6.45) is 2.67. The van der Waals surface area contributed by atoms with Crippen LogP contribution in [0.25, 0.3) is 0 Å². The third kappa shape index (κ3) is 3.58. The molecule has 1 heterocycles. The molecule has 0 radical (unpaired) electrons. The number of nitrogens with two attached hydrogens (primary N) is 1. The second kappa shape index (κ2) is 6.37. The first-order valence-corrected chi connectivity index (χ1v) is 7.32. The molecule has 4 N–H and O–H groups in total. The molecule has 6 heteroatoms. The van der Waals surface area contributed by atoms with Crippen molar-refractivity contribution in [2.75, 3.05) is 30.9 Å². The predicted octanol–water partition coefficient (Wildman–Crippen LogP) is 1.70. The van der Waals surface area contributed by atoms with E-state index in [1.807, 2.05) is 6.92 Å². The summed E-state index contributed by atoms with van der Waals surface area (Å²) in [6, 6.07) is 0.788. The lowest BCUT2D eigenvalue weighted by Crippen LogP contribution is -2.27. The Hall–Kier alpha value is -1.40. The quantitative estimate of drug-likeness (QED) is 0.520. The standard InChI is InChI=1S/C14H26N6/c1-9(2)12-17-13(10(3)14(18-12)19-15)16-7-8-20(4)11-5-6-11/h9,11H,5-8,15H2,1-4H3,(H2,16,17,18,19). The molecule has 1 aromatic heterocycles. The van der Waals surface area contributed by atoms with E-state index >= 15 is 0 Å². The van der Waals surface area contributed by atoms with Crippen LogP contribution in [0.2, 0.25) is 0 Å². The van der Waals surface area contributed by atoms with Gasteiger partial charge in [-0.05, 0) is 26.8 Å². The SMILES string of the molecule is Cc1c(NN)nc(C(C)C)nc1NCCN(C)C1CC1. The average molecular weight is 278 g/mol. The van der Waals surface area contributed by atoms with Gasteiger partial charge in [0.25, 0.3) is 0 Å². The first-order chi connectivity index (χ1) is 9.52. The maximum Gasteiger partial charge on any atom is 0.148 e. The Morgan fingerprint density at radius 2 is 1.95 bits per heavy atom. The summed E-state index contributed by atoms with van der Waals surface area (Å²) in [4.78, 5) is 11.4. The van der Waals surface area contributed by atoms with Crippen LogP contribution in [0.5, 0.6) is 0 Å². The minimum Gasteiger partial charge on any atom is -0.368 e. The van der Waals surface area contributed by atoms with Crippen LogP contribution in [0.4, 0.5) is 11.6 Å². The number of hydrogen-bond donors (Lipinski definition) is 3. The van der Waals surface area contributed by atoms with E-state index in [0.717, 1.165) is 36.3 Å². The highest BCUT2D eigenvalue weighted by atomic mass is 15.3. The van der Waals surface area contributed by atoms with Gasteiger partial charge < -0.3 is 15.6 Å². The molecule has 0 amide bonds. The second-order valence-corrected chi connectivity index (χ2v) is 5.84. The summed E-state index contributed by atoms with van der Waals surface area (Å²) >= 11 is 0. The molecule has 20 heavy (non-hydrogen) atoms. The number of hydrogen-bond acceptors (Lipinski definition) is 6. The van der Waals surface area contributed by atoms with Gasteiger partial charge in [-0.25, -0.2) is 15.8 Å². The number of hydrazine groups is 1. The lowest BCUT2D eigenvalue weighted by molar-refractivity contribution is 0.337. The summed E-state index contributed by atoms with van der Waals surface area (Å²) in [6.45, 7) is 8.04. The molecular formula is C14H26N6. The third-order valence-electron chi connectivity index (χ3n) is 3.74. The number of nitrogen functional groups attached to an aromatic ring is 1. The maximum absolute atomic E-state index is 5.54. The van der Waals surface area contributed by atoms with Crippen LogP contribution in [0.1, 0.15) is 44.0 Å². The smallest absolute Gasteiger partial charge is 0.148 e. The van der Waals surface area contributed by atoms with Crippen molar-refractivity contribution >= 4 is 11.6 Å². The molecule has 0 unspecified atom stereocenters. The van der Waals surface area contributed by atoms with E-state index in [2.05, 4.69) is 46.5 Å². The molecule has 1 aliphatic carbocycles. The van der Waals surface area contributed by atoms with Crippen molar-refractivity contribution in [1.29, 1.82) is 0 Å². The monoisotopic (exact) mass is 278 g/mol. The van der Waals surface area contributed by atoms with Gasteiger partial charge in [-0.1, -0.05) is 13.8 Å². The van der Waals surface area contributed by atoms with E-state index in [1.54, 1.807) is 0 Å². The molecule has 6 nitrogen and oxygen atoms in total. The van der Waals surface area contributed by atoms with Gasteiger partial charge in [-0.15, -0.1) is 0 Å². The highest BCUT2D eigenvalue weighted by Gasteiger charge is 2.25. The van der Waals surface area contributed by atoms with Crippen molar-refractivity contribution < 1.29 is 0 Å². The maximum atomic E-state index is 5.54. The van der Waals surface area contributed by atoms with Crippen molar-refractivity contribution in [3.05, 3.63) is 11.4 Å². The van der Waals surface area contributed by atoms with Crippen LogP contribution in [-0.4, -0.2) is 41.0 Å². The van der Waals surface area contributed by atoms with Gasteiger partial charge in [-0.2, -0.15) is 0 Å². The number of aromatic nitrogens is 2. The van der Waals surface area contributed by atoms with Gasteiger partial charge in [-0.3, -0.25) is 0 Å². The van der Waals surface area contributed by atoms with Crippen LogP contribution < -0.4 is 16.6 Å². The Labute approximate surface area is 121 Å². The first kappa shape index (κ1) is 15.0. The zero-order valence-corrected chi connectivity index (χ0v) is 12.9. The highest BCUT2D eigenvalue weighted by molar-refractivity contribution is 5.56. The number of anilines is 2. The molecular weight excluding hydrogens is 252 g/mol. The molecule has 1 aliphatic rings. The van der Waals surface area contributed by atoms with Crippen LogP contribution >= 0.6 is 0 Å². The van der Waals surface area contributed by atoms with Crippen molar-refractivity contribution in [2.45, 2.75) is 45.6 Å². The second-order valence-electron chi connectivity index (χ2n) is 5.84. The minimum absolute atomic E-state index is 0.275. The van der Waals surface area contributed by atoms with Crippen molar-refractivity contribution in [3.8, 4) is 0 Å². The number of nitrogens with one attached hydrogen (secondary N) is 2. The molecule has 112 valence electrons. The van der Waals surface area contributed by atoms with Gasteiger partial charge in [0.05, 0.1) is 0 Å². The first-order valence-electron chi connectivity index (χ1n) is 7.32. The van der Waals surface area contributed by atoms with E-state index in [4.69, 9.17) is 5.84 Å². The van der Waals surface area contributed by atoms with Gasteiger partial charge >= 0.3 is 0 Å². The fraction of sp³-hybridized carbons (Fsp3) is 0.714. The van der Waals surface area contributed by atoms with E-state index in [0.29, 0.717) is 5.82 Å². The van der Waals surface area contributed by atoms with Crippen LogP contribution in [0.3, 0.4) is 0 Å². The Kier molecular flexibility index (Phi) is 4.77. The third-order valence-corrected chi connectivity index (χ3v) is 3.74. The topological polar surface area (TPSA) is 79.1 Å². The molecule has 1 saturated carbocycles. The molecule has 0 saturated heterocycles. The molecule has 0 atom stereocenters. The fourth-order valence-corrected chi connectivity index (χ4v) is 2.15. The average Bonchev–Trinajstić information content (AvgIpc) is 3.24. The molecule has 0 bridgehead atoms. The number of nitrogens with zero attached hydrogens (tertiary/aromatic N) is 3. The van der Waals surface area contributed by atoms with Gasteiger partial charge in [0, 0.05) is 30.6 Å². The Bertz CT molecular complexity index is 455. The fourth-order valence-electron chi connectivity index (χ4n) is 2.15. The van der Waals surface area contributed by atoms with Crippen molar-refractivity contribution in [2.24, 2.45) is 5.84 Å². The van der Waals surface area contributed by atoms with E-state index < -0.39 is 0 Å². The lowest BCUT2D eigenvalue weighted by atomic mass is 10.2. The largest absolute Gasteiger partial charge is 0.368 e. The molecule has 2 rings (SSSR count). The number of rotatable bonds is 7. The Morgan fingerprint density at radius 1 is 1.30 bits per heavy atom. The summed E-state index contributed by atoms with van der Waals surface area (Å²) in [5.41, 5.74) is 3.62. The Balaban J connectivity index is 2.02. The lowest BCUT2D eigenvalue weighted by Gasteiger charge is -2.18.